The zero-order valence-corrected chi connectivity index (χ0v) is 14.9. The molecule has 0 radical (unpaired) electrons. The molecule has 7 heteroatoms. The Hall–Kier alpha value is -2.34. The molecular weight excluding hydrogens is 340 g/mol. The van der Waals surface area contributed by atoms with Gasteiger partial charge in [0, 0.05) is 44.8 Å². The Morgan fingerprint density at radius 2 is 1.96 bits per heavy atom. The van der Waals surface area contributed by atoms with Crippen LogP contribution in [0.2, 0.25) is 5.02 Å². The van der Waals surface area contributed by atoms with Gasteiger partial charge in [-0.3, -0.25) is 4.98 Å². The maximum absolute atomic E-state index is 11.7. The fraction of sp³-hybridized carbons (Fsp3) is 0.389. The number of hydrogen-bond donors (Lipinski definition) is 0. The molecule has 0 saturated carbocycles. The molecule has 25 heavy (non-hydrogen) atoms. The van der Waals surface area contributed by atoms with Crippen molar-refractivity contribution in [2.75, 3.05) is 42.6 Å². The summed E-state index contributed by atoms with van der Waals surface area (Å²) in [6, 6.07) is 5.59. The van der Waals surface area contributed by atoms with E-state index in [1.54, 1.807) is 31.6 Å². The number of carbonyl (C=O) groups excluding carboxylic acids is 1. The quantitative estimate of drug-likeness (QED) is 0.781. The molecule has 2 aromatic heterocycles. The van der Waals surface area contributed by atoms with Gasteiger partial charge >= 0.3 is 5.97 Å². The highest BCUT2D eigenvalue weighted by atomic mass is 35.5. The number of anilines is 2. The lowest BCUT2D eigenvalue weighted by Gasteiger charge is -2.24. The van der Waals surface area contributed by atoms with Crippen molar-refractivity contribution in [3.63, 3.8) is 0 Å². The highest BCUT2D eigenvalue weighted by molar-refractivity contribution is 6.33. The van der Waals surface area contributed by atoms with Crippen LogP contribution in [0.4, 0.5) is 11.5 Å². The zero-order chi connectivity index (χ0) is 17.6. The summed E-state index contributed by atoms with van der Waals surface area (Å²) < 4.78 is 4.99. The van der Waals surface area contributed by atoms with Crippen LogP contribution in [0.25, 0.3) is 0 Å². The summed E-state index contributed by atoms with van der Waals surface area (Å²) in [7, 11) is 0. The van der Waals surface area contributed by atoms with Gasteiger partial charge in [-0.25, -0.2) is 9.78 Å². The summed E-state index contributed by atoms with van der Waals surface area (Å²) in [6.07, 6.45) is 6.02. The molecule has 0 spiro atoms. The number of rotatable bonds is 4. The van der Waals surface area contributed by atoms with E-state index in [-0.39, 0.29) is 5.97 Å². The van der Waals surface area contributed by atoms with Crippen molar-refractivity contribution < 1.29 is 9.53 Å². The molecule has 1 aliphatic rings. The van der Waals surface area contributed by atoms with Gasteiger partial charge in [0.1, 0.15) is 5.82 Å². The molecule has 3 heterocycles. The third-order valence-corrected chi connectivity index (χ3v) is 4.46. The van der Waals surface area contributed by atoms with E-state index in [9.17, 15) is 4.79 Å². The minimum atomic E-state index is -0.337. The van der Waals surface area contributed by atoms with Crippen LogP contribution in [-0.4, -0.2) is 48.7 Å². The molecule has 3 rings (SSSR count). The van der Waals surface area contributed by atoms with Crippen LogP contribution >= 0.6 is 11.6 Å². The lowest BCUT2D eigenvalue weighted by atomic mass is 10.2. The van der Waals surface area contributed by atoms with E-state index in [1.165, 1.54) is 0 Å². The lowest BCUT2D eigenvalue weighted by molar-refractivity contribution is 0.0526. The molecule has 0 bridgehead atoms. The van der Waals surface area contributed by atoms with E-state index < -0.39 is 0 Å². The van der Waals surface area contributed by atoms with Crippen molar-refractivity contribution in [3.05, 3.63) is 47.4 Å². The maximum atomic E-state index is 11.7. The average Bonchev–Trinajstić information content (AvgIpc) is 2.88. The predicted octanol–water partition coefficient (Wildman–Crippen LogP) is 3.02. The van der Waals surface area contributed by atoms with E-state index in [0.29, 0.717) is 17.2 Å². The second-order valence-corrected chi connectivity index (χ2v) is 6.19. The molecule has 6 nitrogen and oxygen atoms in total. The van der Waals surface area contributed by atoms with Gasteiger partial charge in [-0.1, -0.05) is 11.6 Å². The van der Waals surface area contributed by atoms with Crippen LogP contribution in [0.3, 0.4) is 0 Å². The van der Waals surface area contributed by atoms with Crippen LogP contribution in [0.5, 0.6) is 0 Å². The first-order valence-electron chi connectivity index (χ1n) is 8.41. The predicted molar refractivity (Wildman–Crippen MR) is 98.5 cm³/mol. The lowest BCUT2D eigenvalue weighted by Crippen LogP contribution is -2.31. The van der Waals surface area contributed by atoms with Gasteiger partial charge in [0.15, 0.2) is 0 Å². The van der Waals surface area contributed by atoms with Crippen molar-refractivity contribution in [2.24, 2.45) is 0 Å². The summed E-state index contributed by atoms with van der Waals surface area (Å²) in [5, 5.41) is 0.674. The number of halogens is 1. The van der Waals surface area contributed by atoms with Crippen molar-refractivity contribution in [3.8, 4) is 0 Å². The number of aromatic nitrogens is 2. The monoisotopic (exact) mass is 360 g/mol. The number of pyridine rings is 2. The Morgan fingerprint density at radius 1 is 1.16 bits per heavy atom. The molecule has 0 atom stereocenters. The third kappa shape index (κ3) is 4.20. The van der Waals surface area contributed by atoms with E-state index in [1.807, 2.05) is 12.1 Å². The van der Waals surface area contributed by atoms with E-state index in [2.05, 4.69) is 19.8 Å². The number of hydrogen-bond acceptors (Lipinski definition) is 6. The fourth-order valence-corrected chi connectivity index (χ4v) is 3.16. The molecule has 0 aliphatic carbocycles. The van der Waals surface area contributed by atoms with Gasteiger partial charge in [0.05, 0.1) is 22.9 Å². The standard InChI is InChI=1S/C18H21ClN4O2/c1-2-25-18(24)14-4-5-17(21-12-14)23-9-3-8-22(10-11-23)16-6-7-20-13-15(16)19/h4-7,12-13H,2-3,8-11H2,1H3. The molecule has 0 unspecified atom stereocenters. The minimum absolute atomic E-state index is 0.337. The van der Waals surface area contributed by atoms with Gasteiger partial charge in [-0.05, 0) is 31.5 Å². The SMILES string of the molecule is CCOC(=O)c1ccc(N2CCCN(c3ccncc3Cl)CC2)nc1. The first-order valence-corrected chi connectivity index (χ1v) is 8.79. The Kier molecular flexibility index (Phi) is 5.71. The van der Waals surface area contributed by atoms with Crippen molar-refractivity contribution >= 4 is 29.1 Å². The fourth-order valence-electron chi connectivity index (χ4n) is 2.92. The summed E-state index contributed by atoms with van der Waals surface area (Å²) in [5.41, 5.74) is 1.50. The van der Waals surface area contributed by atoms with Crippen LogP contribution in [0.15, 0.2) is 36.8 Å². The molecule has 0 amide bonds. The van der Waals surface area contributed by atoms with E-state index in [0.717, 1.165) is 44.1 Å². The number of ether oxygens (including phenoxy) is 1. The summed E-state index contributed by atoms with van der Waals surface area (Å²) in [4.78, 5) is 24.7. The van der Waals surface area contributed by atoms with Crippen molar-refractivity contribution in [2.45, 2.75) is 13.3 Å². The van der Waals surface area contributed by atoms with Crippen molar-refractivity contribution in [1.82, 2.24) is 9.97 Å². The summed E-state index contributed by atoms with van der Waals surface area (Å²) in [5.74, 6) is 0.534. The van der Waals surface area contributed by atoms with Gasteiger partial charge in [0.25, 0.3) is 0 Å². The van der Waals surface area contributed by atoms with Crippen LogP contribution in [0, 0.1) is 0 Å². The zero-order valence-electron chi connectivity index (χ0n) is 14.2. The van der Waals surface area contributed by atoms with E-state index >= 15 is 0 Å². The molecular formula is C18H21ClN4O2. The van der Waals surface area contributed by atoms with Crippen LogP contribution in [-0.2, 0) is 4.74 Å². The Morgan fingerprint density at radius 3 is 2.68 bits per heavy atom. The first-order chi connectivity index (χ1) is 12.2. The molecule has 1 saturated heterocycles. The third-order valence-electron chi connectivity index (χ3n) is 4.17. The smallest absolute Gasteiger partial charge is 0.339 e. The summed E-state index contributed by atoms with van der Waals surface area (Å²) in [6.45, 7) is 5.68. The van der Waals surface area contributed by atoms with Crippen LogP contribution < -0.4 is 9.80 Å². The molecule has 1 fully saturated rings. The Labute approximate surface area is 152 Å². The topological polar surface area (TPSA) is 58.6 Å². The van der Waals surface area contributed by atoms with Gasteiger partial charge in [-0.2, -0.15) is 0 Å². The Bertz CT molecular complexity index is 723. The highest BCUT2D eigenvalue weighted by Gasteiger charge is 2.18. The van der Waals surface area contributed by atoms with Gasteiger partial charge in [0.2, 0.25) is 0 Å². The molecule has 0 aromatic carbocycles. The molecule has 2 aromatic rings. The number of nitrogens with zero attached hydrogens (tertiary/aromatic N) is 4. The van der Waals surface area contributed by atoms with Crippen molar-refractivity contribution in [1.29, 1.82) is 0 Å². The largest absolute Gasteiger partial charge is 0.462 e. The molecule has 0 N–H and O–H groups in total. The number of esters is 1. The minimum Gasteiger partial charge on any atom is -0.462 e. The van der Waals surface area contributed by atoms with Gasteiger partial charge in [-0.15, -0.1) is 0 Å². The molecule has 132 valence electrons. The summed E-state index contributed by atoms with van der Waals surface area (Å²) >= 11 is 6.26. The maximum Gasteiger partial charge on any atom is 0.339 e. The van der Waals surface area contributed by atoms with Crippen LogP contribution in [0.1, 0.15) is 23.7 Å². The number of carbonyl (C=O) groups is 1. The molecule has 1 aliphatic heterocycles. The van der Waals surface area contributed by atoms with E-state index in [4.69, 9.17) is 16.3 Å². The Balaban J connectivity index is 1.67. The normalized spacial score (nSPS) is 15.0. The van der Waals surface area contributed by atoms with Gasteiger partial charge < -0.3 is 14.5 Å². The second kappa shape index (κ2) is 8.16. The second-order valence-electron chi connectivity index (χ2n) is 5.78. The highest BCUT2D eigenvalue weighted by Crippen LogP contribution is 2.25. The first kappa shape index (κ1) is 17.5. The average molecular weight is 361 g/mol.